The van der Waals surface area contributed by atoms with Crippen molar-refractivity contribution in [3.8, 4) is 0 Å². The van der Waals surface area contributed by atoms with Crippen molar-refractivity contribution in [1.82, 2.24) is 0 Å². The monoisotopic (exact) mass is 297 g/mol. The molecule has 0 heterocycles. The van der Waals surface area contributed by atoms with E-state index in [1.165, 1.54) is 13.8 Å². The predicted octanol–water partition coefficient (Wildman–Crippen LogP) is 0.0935. The quantitative estimate of drug-likeness (QED) is 0.470. The molecule has 0 rings (SSSR count). The van der Waals surface area contributed by atoms with E-state index in [0.717, 1.165) is 0 Å². The molecule has 8 heavy (non-hydrogen) atoms. The third-order valence-corrected chi connectivity index (χ3v) is 0.287. The SMILES string of the molecule is CC(=O)OC(C)=O.[Pt+2]. The molecule has 48 valence electrons. The van der Waals surface area contributed by atoms with Gasteiger partial charge < -0.3 is 4.74 Å². The number of hydrogen-bond acceptors (Lipinski definition) is 3. The Bertz CT molecular complexity index is 87.5. The predicted molar refractivity (Wildman–Crippen MR) is 22.4 cm³/mol. The van der Waals surface area contributed by atoms with Crippen molar-refractivity contribution in [2.75, 3.05) is 0 Å². The van der Waals surface area contributed by atoms with Crippen molar-refractivity contribution in [3.05, 3.63) is 0 Å². The fourth-order valence-electron chi connectivity index (χ4n) is 0.202. The smallest absolute Gasteiger partial charge is 0.394 e. The number of ether oxygens (including phenoxy) is 1. The molecular weight excluding hydrogens is 291 g/mol. The van der Waals surface area contributed by atoms with Gasteiger partial charge >= 0.3 is 33.0 Å². The maximum atomic E-state index is 9.81. The van der Waals surface area contributed by atoms with E-state index in [2.05, 4.69) is 4.74 Å². The molecule has 0 radical (unpaired) electrons. The van der Waals surface area contributed by atoms with E-state index in [4.69, 9.17) is 0 Å². The number of esters is 2. The van der Waals surface area contributed by atoms with Crippen LogP contribution in [0.15, 0.2) is 0 Å². The molecule has 0 aromatic carbocycles. The van der Waals surface area contributed by atoms with Crippen LogP contribution < -0.4 is 0 Å². The summed E-state index contributed by atoms with van der Waals surface area (Å²) >= 11 is 0. The van der Waals surface area contributed by atoms with Gasteiger partial charge in [-0.25, -0.2) is 0 Å². The van der Waals surface area contributed by atoms with Gasteiger partial charge in [0.15, 0.2) is 0 Å². The molecule has 3 nitrogen and oxygen atoms in total. The zero-order valence-electron chi connectivity index (χ0n) is 4.54. The second-order valence-electron chi connectivity index (χ2n) is 1.09. The second kappa shape index (κ2) is 4.97. The first-order valence-corrected chi connectivity index (χ1v) is 1.82. The number of carbonyl (C=O) groups is 2. The van der Waals surface area contributed by atoms with Gasteiger partial charge in [0, 0.05) is 13.8 Å². The minimum atomic E-state index is -0.562. The first-order chi connectivity index (χ1) is 3.13. The van der Waals surface area contributed by atoms with Gasteiger partial charge in [0.05, 0.1) is 0 Å². The Hall–Kier alpha value is -0.172. The van der Waals surface area contributed by atoms with Gasteiger partial charge in [-0.05, 0) is 0 Å². The zero-order chi connectivity index (χ0) is 5.86. The number of carbonyl (C=O) groups excluding carboxylic acids is 2. The Morgan fingerprint density at radius 3 is 1.38 bits per heavy atom. The molecule has 0 saturated heterocycles. The van der Waals surface area contributed by atoms with Crippen molar-refractivity contribution in [3.63, 3.8) is 0 Å². The minimum Gasteiger partial charge on any atom is -0.394 e. The summed E-state index contributed by atoms with van der Waals surface area (Å²) in [5.74, 6) is -1.12. The van der Waals surface area contributed by atoms with Crippen LogP contribution in [-0.2, 0) is 35.4 Å². The molecule has 0 atom stereocenters. The van der Waals surface area contributed by atoms with E-state index in [1.54, 1.807) is 0 Å². The average Bonchev–Trinajstić information content (AvgIpc) is 1.27. The van der Waals surface area contributed by atoms with Crippen molar-refractivity contribution in [2.24, 2.45) is 0 Å². The number of rotatable bonds is 0. The Kier molecular flexibility index (Phi) is 6.68. The molecule has 0 aliphatic rings. The normalized spacial score (nSPS) is 6.75. The standard InChI is InChI=1S/C4H6O3.Pt/c1-3(5)7-4(2)6;/h1-2H3;/q;+2. The van der Waals surface area contributed by atoms with Gasteiger partial charge in [-0.15, -0.1) is 0 Å². The zero-order valence-corrected chi connectivity index (χ0v) is 6.81. The molecule has 4 heteroatoms. The van der Waals surface area contributed by atoms with E-state index in [0.29, 0.717) is 0 Å². The molecule has 0 aromatic heterocycles. The van der Waals surface area contributed by atoms with Crippen molar-refractivity contribution < 1.29 is 35.4 Å². The molecule has 0 unspecified atom stereocenters. The van der Waals surface area contributed by atoms with E-state index >= 15 is 0 Å². The summed E-state index contributed by atoms with van der Waals surface area (Å²) in [6, 6.07) is 0. The van der Waals surface area contributed by atoms with Crippen LogP contribution in [-0.4, -0.2) is 11.9 Å². The first kappa shape index (κ1) is 10.7. The van der Waals surface area contributed by atoms with Crippen LogP contribution in [0.5, 0.6) is 0 Å². The maximum Gasteiger partial charge on any atom is 2.00 e. The van der Waals surface area contributed by atoms with Gasteiger partial charge in [-0.2, -0.15) is 0 Å². The Balaban J connectivity index is 0. The third kappa shape index (κ3) is 9.27. The van der Waals surface area contributed by atoms with E-state index in [-0.39, 0.29) is 21.1 Å². The summed E-state index contributed by atoms with van der Waals surface area (Å²) in [5, 5.41) is 0. The van der Waals surface area contributed by atoms with Crippen LogP contribution in [0, 0.1) is 0 Å². The van der Waals surface area contributed by atoms with Gasteiger partial charge in [0.1, 0.15) is 0 Å². The van der Waals surface area contributed by atoms with Crippen molar-refractivity contribution in [2.45, 2.75) is 13.8 Å². The largest absolute Gasteiger partial charge is 2.00 e. The van der Waals surface area contributed by atoms with Gasteiger partial charge in [-0.3, -0.25) is 9.59 Å². The summed E-state index contributed by atoms with van der Waals surface area (Å²) in [6.07, 6.45) is 0. The Morgan fingerprint density at radius 2 is 1.38 bits per heavy atom. The molecule has 0 fully saturated rings. The summed E-state index contributed by atoms with van der Waals surface area (Å²) in [4.78, 5) is 19.6. The third-order valence-electron chi connectivity index (χ3n) is 0.287. The summed E-state index contributed by atoms with van der Waals surface area (Å²) in [6.45, 7) is 2.36. The Labute approximate surface area is 61.7 Å². The molecule has 0 aliphatic heterocycles. The molecule has 0 aliphatic carbocycles. The fourth-order valence-corrected chi connectivity index (χ4v) is 0.202. The van der Waals surface area contributed by atoms with E-state index in [9.17, 15) is 9.59 Å². The average molecular weight is 297 g/mol. The van der Waals surface area contributed by atoms with Crippen LogP contribution in [0.3, 0.4) is 0 Å². The molecule has 0 bridgehead atoms. The second-order valence-corrected chi connectivity index (χ2v) is 1.09. The molecule has 0 aromatic rings. The summed E-state index contributed by atoms with van der Waals surface area (Å²) < 4.78 is 3.97. The Morgan fingerprint density at radius 1 is 1.12 bits per heavy atom. The minimum absolute atomic E-state index is 0. The molecule has 0 N–H and O–H groups in total. The van der Waals surface area contributed by atoms with Gasteiger partial charge in [-0.1, -0.05) is 0 Å². The van der Waals surface area contributed by atoms with E-state index in [1.807, 2.05) is 0 Å². The van der Waals surface area contributed by atoms with Crippen LogP contribution in [0.4, 0.5) is 0 Å². The first-order valence-electron chi connectivity index (χ1n) is 1.82. The molecule has 0 amide bonds. The van der Waals surface area contributed by atoms with Crippen LogP contribution >= 0.6 is 0 Å². The topological polar surface area (TPSA) is 43.4 Å². The van der Waals surface area contributed by atoms with Crippen molar-refractivity contribution >= 4 is 11.9 Å². The number of hydrogen-bond donors (Lipinski definition) is 0. The van der Waals surface area contributed by atoms with Gasteiger partial charge in [0.25, 0.3) is 0 Å². The summed E-state index contributed by atoms with van der Waals surface area (Å²) in [5.41, 5.74) is 0. The fraction of sp³-hybridized carbons (Fsp3) is 0.500. The van der Waals surface area contributed by atoms with Crippen LogP contribution in [0.25, 0.3) is 0 Å². The van der Waals surface area contributed by atoms with Gasteiger partial charge in [0.2, 0.25) is 0 Å². The summed E-state index contributed by atoms with van der Waals surface area (Å²) in [7, 11) is 0. The van der Waals surface area contributed by atoms with Crippen LogP contribution in [0.1, 0.15) is 13.8 Å². The maximum absolute atomic E-state index is 9.81. The molecular formula is C4H6O3Pt+2. The molecule has 0 spiro atoms. The molecule has 0 saturated carbocycles. The van der Waals surface area contributed by atoms with E-state index < -0.39 is 11.9 Å². The van der Waals surface area contributed by atoms with Crippen molar-refractivity contribution in [1.29, 1.82) is 0 Å². The van der Waals surface area contributed by atoms with Crippen LogP contribution in [0.2, 0.25) is 0 Å².